The van der Waals surface area contributed by atoms with E-state index >= 15 is 0 Å². The molecule has 1 atom stereocenters. The number of ether oxygens (including phenoxy) is 1. The number of isocyanates is 1. The Morgan fingerprint density at radius 3 is 2.47 bits per heavy atom. The molecule has 0 heterocycles. The third kappa shape index (κ3) is 12.5. The Labute approximate surface area is 89.8 Å². The van der Waals surface area contributed by atoms with Gasteiger partial charge < -0.3 is 10.5 Å². The average molecular weight is 214 g/mol. The maximum atomic E-state index is 11.0. The van der Waals surface area contributed by atoms with Crippen molar-refractivity contribution in [2.45, 2.75) is 26.3 Å². The molecule has 0 bridgehead atoms. The van der Waals surface area contributed by atoms with Crippen LogP contribution in [0.2, 0.25) is 0 Å². The van der Waals surface area contributed by atoms with Crippen molar-refractivity contribution >= 4 is 12.0 Å². The second-order valence-corrected chi connectivity index (χ2v) is 3.26. The Morgan fingerprint density at radius 1 is 1.67 bits per heavy atom. The summed E-state index contributed by atoms with van der Waals surface area (Å²) >= 11 is 0. The summed E-state index contributed by atoms with van der Waals surface area (Å²) in [5, 5.41) is 5.40. The summed E-state index contributed by atoms with van der Waals surface area (Å²) in [7, 11) is 0. The number of hydrogen-bond acceptors (Lipinski definition) is 5. The zero-order valence-corrected chi connectivity index (χ0v) is 9.16. The van der Waals surface area contributed by atoms with Crippen LogP contribution in [0.3, 0.4) is 0 Å². The number of hydrogen-bond donors (Lipinski definition) is 2. The summed E-state index contributed by atoms with van der Waals surface area (Å²) < 4.78 is 4.77. The maximum Gasteiger partial charge on any atom is 0.323 e. The quantitative estimate of drug-likeness (QED) is 0.309. The van der Waals surface area contributed by atoms with E-state index in [1.165, 1.54) is 6.08 Å². The van der Waals surface area contributed by atoms with Gasteiger partial charge in [0.05, 0.1) is 0 Å². The van der Waals surface area contributed by atoms with Gasteiger partial charge in [-0.15, -0.1) is 0 Å². The van der Waals surface area contributed by atoms with Gasteiger partial charge in [0.1, 0.15) is 12.6 Å². The van der Waals surface area contributed by atoms with Gasteiger partial charge in [0.15, 0.2) is 0 Å². The lowest BCUT2D eigenvalue weighted by Gasteiger charge is -2.11. The van der Waals surface area contributed by atoms with Crippen LogP contribution < -0.4 is 5.73 Å². The third-order valence-electron chi connectivity index (χ3n) is 1.37. The lowest BCUT2D eigenvalue weighted by atomic mass is 10.1. The topological polar surface area (TPSA) is 93.2 Å². The zero-order chi connectivity index (χ0) is 12.3. The predicted octanol–water partition coefficient (Wildman–Crippen LogP) is 0.990. The van der Waals surface area contributed by atoms with Crippen molar-refractivity contribution in [1.29, 1.82) is 5.41 Å². The van der Waals surface area contributed by atoms with Crippen LogP contribution in [-0.4, -0.2) is 24.7 Å². The summed E-state index contributed by atoms with van der Waals surface area (Å²) in [5.74, 6) is 0.0693. The SMILES string of the molecule is C=CCOC(=O)[C@@H](N)CC(C)C.N=C=O. The molecule has 0 aromatic heterocycles. The van der Waals surface area contributed by atoms with Gasteiger partial charge in [0.2, 0.25) is 6.08 Å². The molecule has 5 nitrogen and oxygen atoms in total. The fourth-order valence-electron chi connectivity index (χ4n) is 0.852. The van der Waals surface area contributed by atoms with Gasteiger partial charge in [-0.25, -0.2) is 10.2 Å². The van der Waals surface area contributed by atoms with Gasteiger partial charge in [0.25, 0.3) is 0 Å². The summed E-state index contributed by atoms with van der Waals surface area (Å²) in [4.78, 5) is 19.4. The molecule has 0 aliphatic heterocycles. The Bertz CT molecular complexity index is 221. The van der Waals surface area contributed by atoms with Crippen LogP contribution in [0.25, 0.3) is 0 Å². The Morgan fingerprint density at radius 2 is 2.13 bits per heavy atom. The fraction of sp³-hybridized carbons (Fsp3) is 0.600. The van der Waals surface area contributed by atoms with Crippen molar-refractivity contribution in [2.75, 3.05) is 6.61 Å². The highest BCUT2D eigenvalue weighted by Crippen LogP contribution is 2.03. The first kappa shape index (κ1) is 16.0. The highest BCUT2D eigenvalue weighted by Gasteiger charge is 2.15. The van der Waals surface area contributed by atoms with Gasteiger partial charge in [-0.2, -0.15) is 0 Å². The highest BCUT2D eigenvalue weighted by atomic mass is 16.5. The number of esters is 1. The van der Waals surface area contributed by atoms with Crippen molar-refractivity contribution < 1.29 is 14.3 Å². The van der Waals surface area contributed by atoms with Gasteiger partial charge in [-0.1, -0.05) is 26.5 Å². The number of nitrogens with two attached hydrogens (primary N) is 1. The molecule has 0 radical (unpaired) electrons. The minimum Gasteiger partial charge on any atom is -0.460 e. The Kier molecular flexibility index (Phi) is 11.3. The molecule has 0 amide bonds. The van der Waals surface area contributed by atoms with E-state index in [0.29, 0.717) is 12.3 Å². The van der Waals surface area contributed by atoms with Crippen molar-refractivity contribution in [1.82, 2.24) is 0 Å². The number of nitrogens with one attached hydrogen (secondary N) is 1. The molecule has 0 aliphatic rings. The first-order valence-electron chi connectivity index (χ1n) is 4.56. The minimum atomic E-state index is -0.495. The monoisotopic (exact) mass is 214 g/mol. The molecule has 0 spiro atoms. The third-order valence-corrected chi connectivity index (χ3v) is 1.37. The molecule has 0 unspecified atom stereocenters. The molecule has 0 saturated heterocycles. The molecule has 0 rings (SSSR count). The second-order valence-electron chi connectivity index (χ2n) is 3.26. The van der Waals surface area contributed by atoms with Crippen molar-refractivity contribution in [3.63, 3.8) is 0 Å². The standard InChI is InChI=1S/C9H17NO2.CHNO/c1-4-5-12-9(11)8(10)6-7(2)3;2-1-3/h4,7-8H,1,5-6,10H2,2-3H3;2H/t8-;/m0./s1. The van der Waals surface area contributed by atoms with Gasteiger partial charge >= 0.3 is 5.97 Å². The Hall–Kier alpha value is -1.45. The highest BCUT2D eigenvalue weighted by molar-refractivity contribution is 5.75. The zero-order valence-electron chi connectivity index (χ0n) is 9.16. The van der Waals surface area contributed by atoms with Gasteiger partial charge in [-0.05, 0) is 12.3 Å². The second kappa shape index (κ2) is 10.6. The number of rotatable bonds is 5. The lowest BCUT2D eigenvalue weighted by molar-refractivity contribution is -0.144. The van der Waals surface area contributed by atoms with Crippen LogP contribution in [0.15, 0.2) is 12.7 Å². The number of carbonyl (C=O) groups is 1. The predicted molar refractivity (Wildman–Crippen MR) is 57.0 cm³/mol. The van der Waals surface area contributed by atoms with E-state index in [2.05, 4.69) is 6.58 Å². The fourth-order valence-corrected chi connectivity index (χ4v) is 0.852. The molecule has 0 aromatic rings. The van der Waals surface area contributed by atoms with Crippen LogP contribution in [-0.2, 0) is 14.3 Å². The van der Waals surface area contributed by atoms with Crippen molar-refractivity contribution in [2.24, 2.45) is 11.7 Å². The molecular formula is C10H18N2O3. The molecule has 0 aromatic carbocycles. The Balaban J connectivity index is 0. The molecule has 15 heavy (non-hydrogen) atoms. The van der Waals surface area contributed by atoms with E-state index in [1.807, 2.05) is 13.8 Å². The van der Waals surface area contributed by atoms with E-state index in [-0.39, 0.29) is 12.6 Å². The molecule has 0 aliphatic carbocycles. The molecule has 3 N–H and O–H groups in total. The molecule has 86 valence electrons. The van der Waals surface area contributed by atoms with Gasteiger partial charge in [0, 0.05) is 0 Å². The van der Waals surface area contributed by atoms with Crippen LogP contribution in [0.5, 0.6) is 0 Å². The molecular weight excluding hydrogens is 196 g/mol. The maximum absolute atomic E-state index is 11.0. The summed E-state index contributed by atoms with van der Waals surface area (Å²) in [6.45, 7) is 7.70. The molecule has 5 heteroatoms. The van der Waals surface area contributed by atoms with Crippen LogP contribution in [0.4, 0.5) is 0 Å². The van der Waals surface area contributed by atoms with Crippen molar-refractivity contribution in [3.05, 3.63) is 12.7 Å². The smallest absolute Gasteiger partial charge is 0.323 e. The first-order valence-corrected chi connectivity index (χ1v) is 4.56. The largest absolute Gasteiger partial charge is 0.460 e. The lowest BCUT2D eigenvalue weighted by Crippen LogP contribution is -2.33. The van der Waals surface area contributed by atoms with Crippen LogP contribution >= 0.6 is 0 Å². The van der Waals surface area contributed by atoms with Crippen molar-refractivity contribution in [3.8, 4) is 0 Å². The van der Waals surface area contributed by atoms with Gasteiger partial charge in [-0.3, -0.25) is 4.79 Å². The first-order chi connectivity index (χ1) is 6.99. The van der Waals surface area contributed by atoms with E-state index in [4.69, 9.17) is 20.7 Å². The van der Waals surface area contributed by atoms with E-state index in [1.54, 1.807) is 0 Å². The average Bonchev–Trinajstić information content (AvgIpc) is 2.14. The molecule has 0 fully saturated rings. The summed E-state index contributed by atoms with van der Waals surface area (Å²) in [6, 6.07) is -0.495. The van der Waals surface area contributed by atoms with Crippen LogP contribution in [0.1, 0.15) is 20.3 Å². The van der Waals surface area contributed by atoms with E-state index in [0.717, 1.165) is 6.08 Å². The summed E-state index contributed by atoms with van der Waals surface area (Å²) in [6.07, 6.45) is 2.94. The normalized spacial score (nSPS) is 10.7. The number of carbonyl (C=O) groups excluding carboxylic acids is 2. The minimum absolute atomic E-state index is 0.241. The van der Waals surface area contributed by atoms with Crippen LogP contribution in [0, 0.1) is 11.3 Å². The molecule has 0 saturated carbocycles. The van der Waals surface area contributed by atoms with E-state index in [9.17, 15) is 4.79 Å². The van der Waals surface area contributed by atoms with E-state index < -0.39 is 6.04 Å². The summed E-state index contributed by atoms with van der Waals surface area (Å²) in [5.41, 5.74) is 5.55.